The van der Waals surface area contributed by atoms with Gasteiger partial charge in [-0.15, -0.1) is 0 Å². The molecule has 3 heteroatoms. The Hall–Kier alpha value is -1.35. The van der Waals surface area contributed by atoms with Crippen LogP contribution in [-0.4, -0.2) is 30.6 Å². The molecule has 2 rings (SSSR count). The number of hydrogen-bond donors (Lipinski definition) is 1. The lowest BCUT2D eigenvalue weighted by Crippen LogP contribution is -2.40. The molecule has 1 saturated heterocycles. The summed E-state index contributed by atoms with van der Waals surface area (Å²) >= 11 is 0. The largest absolute Gasteiger partial charge is 0.339 e. The minimum atomic E-state index is 0.0271. The fraction of sp³-hybridized carbons (Fsp3) is 0.500. The number of rotatable bonds is 3. The monoisotopic (exact) mass is 232 g/mol. The molecule has 0 bridgehead atoms. The highest BCUT2D eigenvalue weighted by atomic mass is 16.1. The van der Waals surface area contributed by atoms with E-state index in [4.69, 9.17) is 0 Å². The van der Waals surface area contributed by atoms with Crippen molar-refractivity contribution >= 4 is 5.91 Å². The van der Waals surface area contributed by atoms with Gasteiger partial charge in [0.2, 0.25) is 0 Å². The summed E-state index contributed by atoms with van der Waals surface area (Å²) in [7, 11) is 0. The molecule has 1 amide bonds. The molecule has 0 aromatic heterocycles. The summed E-state index contributed by atoms with van der Waals surface area (Å²) in [6.45, 7) is 4.89. The Kier molecular flexibility index (Phi) is 4.15. The van der Waals surface area contributed by atoms with Crippen molar-refractivity contribution in [3.63, 3.8) is 0 Å². The molecule has 0 saturated carbocycles. The number of carbonyl (C=O) groups excluding carboxylic acids is 1. The smallest absolute Gasteiger partial charge is 0.252 e. The van der Waals surface area contributed by atoms with Crippen molar-refractivity contribution in [2.45, 2.75) is 26.2 Å². The van der Waals surface area contributed by atoms with Crippen LogP contribution < -0.4 is 5.32 Å². The summed E-state index contributed by atoms with van der Waals surface area (Å²) in [6.07, 6.45) is 3.82. The van der Waals surface area contributed by atoms with Gasteiger partial charge in [-0.25, -0.2) is 0 Å². The standard InChI is InChI=1S/C14H20N2O/c1-12-6-5-7-13(10-12)14(17)15-11-16-8-3-2-4-9-16/h5-7,10H,2-4,8-9,11H2,1H3,(H,15,17). The second-order valence-electron chi connectivity index (χ2n) is 4.71. The molecule has 3 nitrogen and oxygen atoms in total. The van der Waals surface area contributed by atoms with Gasteiger partial charge in [0.05, 0.1) is 6.67 Å². The van der Waals surface area contributed by atoms with Crippen molar-refractivity contribution in [1.29, 1.82) is 0 Å². The van der Waals surface area contributed by atoms with Crippen molar-refractivity contribution in [3.05, 3.63) is 35.4 Å². The van der Waals surface area contributed by atoms with E-state index in [1.165, 1.54) is 19.3 Å². The van der Waals surface area contributed by atoms with E-state index in [1.54, 1.807) is 0 Å². The average Bonchev–Trinajstić information content (AvgIpc) is 2.37. The number of piperidine rings is 1. The van der Waals surface area contributed by atoms with E-state index in [0.717, 1.165) is 24.2 Å². The quantitative estimate of drug-likeness (QED) is 0.866. The van der Waals surface area contributed by atoms with Gasteiger partial charge < -0.3 is 5.32 Å². The maximum absolute atomic E-state index is 11.9. The van der Waals surface area contributed by atoms with Gasteiger partial charge in [-0.1, -0.05) is 24.1 Å². The van der Waals surface area contributed by atoms with Crippen molar-refractivity contribution in [1.82, 2.24) is 10.2 Å². The Labute approximate surface area is 103 Å². The van der Waals surface area contributed by atoms with Gasteiger partial charge in [-0.05, 0) is 45.0 Å². The van der Waals surface area contributed by atoms with Crippen LogP contribution in [0.15, 0.2) is 24.3 Å². The van der Waals surface area contributed by atoms with Crippen LogP contribution in [0.5, 0.6) is 0 Å². The second-order valence-corrected chi connectivity index (χ2v) is 4.71. The van der Waals surface area contributed by atoms with Crippen LogP contribution in [0.25, 0.3) is 0 Å². The first-order chi connectivity index (χ1) is 8.25. The molecule has 1 aliphatic rings. The molecule has 0 aliphatic carbocycles. The number of carbonyl (C=O) groups is 1. The van der Waals surface area contributed by atoms with Crippen LogP contribution in [0.4, 0.5) is 0 Å². The Morgan fingerprint density at radius 1 is 1.29 bits per heavy atom. The third-order valence-corrected chi connectivity index (χ3v) is 3.19. The van der Waals surface area contributed by atoms with Crippen molar-refractivity contribution in [2.24, 2.45) is 0 Å². The first kappa shape index (κ1) is 12.1. The SMILES string of the molecule is Cc1cccc(C(=O)NCN2CCCCC2)c1. The van der Waals surface area contributed by atoms with E-state index < -0.39 is 0 Å². The maximum Gasteiger partial charge on any atom is 0.252 e. The van der Waals surface area contributed by atoms with Gasteiger partial charge in [0, 0.05) is 5.56 Å². The van der Waals surface area contributed by atoms with Crippen LogP contribution in [0, 0.1) is 6.92 Å². The molecule has 92 valence electrons. The van der Waals surface area contributed by atoms with E-state index in [-0.39, 0.29) is 5.91 Å². The van der Waals surface area contributed by atoms with Gasteiger partial charge >= 0.3 is 0 Å². The van der Waals surface area contributed by atoms with Crippen LogP contribution in [-0.2, 0) is 0 Å². The predicted octanol–water partition coefficient (Wildman–Crippen LogP) is 2.17. The lowest BCUT2D eigenvalue weighted by molar-refractivity contribution is 0.0914. The zero-order valence-electron chi connectivity index (χ0n) is 10.4. The van der Waals surface area contributed by atoms with E-state index in [0.29, 0.717) is 6.67 Å². The Morgan fingerprint density at radius 3 is 2.76 bits per heavy atom. The minimum Gasteiger partial charge on any atom is -0.339 e. The molecule has 1 heterocycles. The zero-order valence-corrected chi connectivity index (χ0v) is 10.4. The number of likely N-dealkylation sites (tertiary alicyclic amines) is 1. The first-order valence-corrected chi connectivity index (χ1v) is 6.33. The van der Waals surface area contributed by atoms with Gasteiger partial charge in [0.1, 0.15) is 0 Å². The molecule has 1 fully saturated rings. The summed E-state index contributed by atoms with van der Waals surface area (Å²) < 4.78 is 0. The Bertz CT molecular complexity index is 384. The third kappa shape index (κ3) is 3.56. The predicted molar refractivity (Wildman–Crippen MR) is 68.9 cm³/mol. The van der Waals surface area contributed by atoms with Gasteiger partial charge in [-0.2, -0.15) is 0 Å². The van der Waals surface area contributed by atoms with E-state index in [1.807, 2.05) is 31.2 Å². The lowest BCUT2D eigenvalue weighted by atomic mass is 10.1. The van der Waals surface area contributed by atoms with Crippen LogP contribution in [0.1, 0.15) is 35.2 Å². The molecule has 0 unspecified atom stereocenters. The summed E-state index contributed by atoms with van der Waals surface area (Å²) in [5.74, 6) is 0.0271. The topological polar surface area (TPSA) is 32.3 Å². The first-order valence-electron chi connectivity index (χ1n) is 6.33. The van der Waals surface area contributed by atoms with Crippen LogP contribution >= 0.6 is 0 Å². The zero-order chi connectivity index (χ0) is 12.1. The average molecular weight is 232 g/mol. The molecule has 0 atom stereocenters. The van der Waals surface area contributed by atoms with Crippen molar-refractivity contribution in [3.8, 4) is 0 Å². The van der Waals surface area contributed by atoms with Crippen LogP contribution in [0.2, 0.25) is 0 Å². The molecular weight excluding hydrogens is 212 g/mol. The number of benzene rings is 1. The van der Waals surface area contributed by atoms with E-state index >= 15 is 0 Å². The minimum absolute atomic E-state index is 0.0271. The highest BCUT2D eigenvalue weighted by Crippen LogP contribution is 2.07. The van der Waals surface area contributed by atoms with E-state index in [9.17, 15) is 4.79 Å². The second kappa shape index (κ2) is 5.82. The molecule has 1 aliphatic heterocycles. The number of nitrogens with one attached hydrogen (secondary N) is 1. The van der Waals surface area contributed by atoms with Gasteiger partial charge in [0.15, 0.2) is 0 Å². The highest BCUT2D eigenvalue weighted by Gasteiger charge is 2.11. The molecule has 17 heavy (non-hydrogen) atoms. The fourth-order valence-corrected chi connectivity index (χ4v) is 2.19. The molecule has 1 aromatic rings. The number of amides is 1. The Balaban J connectivity index is 1.84. The molecule has 1 N–H and O–H groups in total. The maximum atomic E-state index is 11.9. The lowest BCUT2D eigenvalue weighted by Gasteiger charge is -2.26. The number of nitrogens with zero attached hydrogens (tertiary/aromatic N) is 1. The summed E-state index contributed by atoms with van der Waals surface area (Å²) in [4.78, 5) is 14.2. The van der Waals surface area contributed by atoms with E-state index in [2.05, 4.69) is 10.2 Å². The fourth-order valence-electron chi connectivity index (χ4n) is 2.19. The number of aryl methyl sites for hydroxylation is 1. The molecule has 1 aromatic carbocycles. The van der Waals surface area contributed by atoms with Gasteiger partial charge in [0.25, 0.3) is 5.91 Å². The summed E-state index contributed by atoms with van der Waals surface area (Å²) in [5, 5.41) is 2.98. The number of hydrogen-bond acceptors (Lipinski definition) is 2. The summed E-state index contributed by atoms with van der Waals surface area (Å²) in [5.41, 5.74) is 1.87. The van der Waals surface area contributed by atoms with Crippen molar-refractivity contribution < 1.29 is 4.79 Å². The van der Waals surface area contributed by atoms with Crippen molar-refractivity contribution in [2.75, 3.05) is 19.8 Å². The molecule has 0 spiro atoms. The van der Waals surface area contributed by atoms with Crippen LogP contribution in [0.3, 0.4) is 0 Å². The highest BCUT2D eigenvalue weighted by molar-refractivity contribution is 5.94. The Morgan fingerprint density at radius 2 is 2.06 bits per heavy atom. The third-order valence-electron chi connectivity index (χ3n) is 3.19. The van der Waals surface area contributed by atoms with Gasteiger partial charge in [-0.3, -0.25) is 9.69 Å². The normalized spacial score (nSPS) is 16.8. The summed E-state index contributed by atoms with van der Waals surface area (Å²) in [6, 6.07) is 7.70. The molecular formula is C14H20N2O. The molecule has 0 radical (unpaired) electrons.